The molecule has 0 amide bonds. The molecule has 0 bridgehead atoms. The van der Waals surface area contributed by atoms with Crippen LogP contribution >= 0.6 is 11.6 Å². The van der Waals surface area contributed by atoms with Gasteiger partial charge in [0.05, 0.1) is 30.6 Å². The lowest BCUT2D eigenvalue weighted by atomic mass is 10.00. The molecule has 0 radical (unpaired) electrons. The van der Waals surface area contributed by atoms with Gasteiger partial charge in [-0.1, -0.05) is 23.7 Å². The molecule has 138 valence electrons. The summed E-state index contributed by atoms with van der Waals surface area (Å²) in [6.07, 6.45) is 1.87. The van der Waals surface area contributed by atoms with Crippen LogP contribution in [-0.4, -0.2) is 48.9 Å². The minimum atomic E-state index is 0.278. The van der Waals surface area contributed by atoms with Crippen molar-refractivity contribution in [3.8, 4) is 11.3 Å². The molecule has 0 saturated carbocycles. The van der Waals surface area contributed by atoms with Gasteiger partial charge < -0.3 is 15.0 Å². The van der Waals surface area contributed by atoms with E-state index in [0.29, 0.717) is 6.61 Å². The number of ether oxygens (including phenoxy) is 1. The first-order chi connectivity index (χ1) is 12.6. The van der Waals surface area contributed by atoms with Crippen LogP contribution in [0.1, 0.15) is 23.7 Å². The zero-order valence-electron chi connectivity index (χ0n) is 15.4. The molecule has 6 heteroatoms. The van der Waals surface area contributed by atoms with E-state index in [9.17, 15) is 0 Å². The quantitative estimate of drug-likeness (QED) is 0.878. The lowest BCUT2D eigenvalue weighted by Gasteiger charge is -2.34. The topological polar surface area (TPSA) is 50.3 Å². The van der Waals surface area contributed by atoms with Gasteiger partial charge in [0.25, 0.3) is 0 Å². The maximum absolute atomic E-state index is 6.41. The Balaban J connectivity index is 1.84. The largest absolute Gasteiger partial charge is 0.377 e. The van der Waals surface area contributed by atoms with Crippen LogP contribution in [0.15, 0.2) is 18.2 Å². The number of fused-ring (bicyclic) bond motifs is 1. The first kappa shape index (κ1) is 17.7. The Morgan fingerprint density at radius 3 is 2.88 bits per heavy atom. The van der Waals surface area contributed by atoms with Crippen LogP contribution in [0.25, 0.3) is 11.3 Å². The number of benzene rings is 1. The van der Waals surface area contributed by atoms with Gasteiger partial charge in [-0.15, -0.1) is 0 Å². The van der Waals surface area contributed by atoms with E-state index in [1.807, 2.05) is 13.0 Å². The van der Waals surface area contributed by atoms with Gasteiger partial charge in [0.2, 0.25) is 5.95 Å². The zero-order chi connectivity index (χ0) is 18.1. The second-order valence-electron chi connectivity index (χ2n) is 7.13. The maximum Gasteiger partial charge on any atom is 0.226 e. The molecule has 1 atom stereocenters. The number of rotatable bonds is 2. The molecule has 1 N–H and O–H groups in total. The molecule has 26 heavy (non-hydrogen) atoms. The summed E-state index contributed by atoms with van der Waals surface area (Å²) >= 11 is 6.41. The minimum Gasteiger partial charge on any atom is -0.377 e. The number of hydrogen-bond donors (Lipinski definition) is 1. The molecule has 0 aliphatic carbocycles. The van der Waals surface area contributed by atoms with Crippen LogP contribution in [0.5, 0.6) is 0 Å². The summed E-state index contributed by atoms with van der Waals surface area (Å²) in [6, 6.07) is 6.50. The van der Waals surface area contributed by atoms with Gasteiger partial charge in [0.1, 0.15) is 0 Å². The Hall–Kier alpha value is -1.69. The van der Waals surface area contributed by atoms with Gasteiger partial charge >= 0.3 is 0 Å². The minimum absolute atomic E-state index is 0.278. The average molecular weight is 373 g/mol. The molecule has 1 unspecified atom stereocenters. The molecule has 1 aromatic heterocycles. The van der Waals surface area contributed by atoms with Crippen LogP contribution in [0.2, 0.25) is 5.02 Å². The Morgan fingerprint density at radius 2 is 2.08 bits per heavy atom. The Morgan fingerprint density at radius 1 is 1.23 bits per heavy atom. The highest BCUT2D eigenvalue weighted by molar-refractivity contribution is 6.31. The van der Waals surface area contributed by atoms with Gasteiger partial charge in [-0.3, -0.25) is 0 Å². The lowest BCUT2D eigenvalue weighted by molar-refractivity contribution is 0.0980. The summed E-state index contributed by atoms with van der Waals surface area (Å²) in [6.45, 7) is 8.36. The molecule has 0 spiro atoms. The van der Waals surface area contributed by atoms with Crippen molar-refractivity contribution in [1.29, 1.82) is 0 Å². The van der Waals surface area contributed by atoms with Crippen LogP contribution < -0.4 is 10.2 Å². The third-order valence-electron chi connectivity index (χ3n) is 5.24. The zero-order valence-corrected chi connectivity index (χ0v) is 16.1. The molecular formula is C20H25ClN4O. The molecule has 4 rings (SSSR count). The highest BCUT2D eigenvalue weighted by atomic mass is 35.5. The number of aryl methyl sites for hydroxylation is 1. The van der Waals surface area contributed by atoms with Crippen LogP contribution in [-0.2, 0) is 17.6 Å². The fraction of sp³-hybridized carbons (Fsp3) is 0.500. The molecule has 5 nitrogen and oxygen atoms in total. The Bertz CT molecular complexity index is 811. The molecule has 2 aliphatic heterocycles. The van der Waals surface area contributed by atoms with Crippen molar-refractivity contribution in [3.63, 3.8) is 0 Å². The number of halogens is 1. The molecule has 3 heterocycles. The molecule has 2 aliphatic rings. The first-order valence-electron chi connectivity index (χ1n) is 9.35. The number of nitrogens with one attached hydrogen (secondary N) is 1. The van der Waals surface area contributed by atoms with Gasteiger partial charge in [-0.05, 0) is 38.4 Å². The fourth-order valence-electron chi connectivity index (χ4n) is 3.66. The summed E-state index contributed by atoms with van der Waals surface area (Å²) < 4.78 is 5.59. The van der Waals surface area contributed by atoms with Crippen molar-refractivity contribution in [2.75, 3.05) is 37.7 Å². The number of morpholine rings is 1. The summed E-state index contributed by atoms with van der Waals surface area (Å²) in [5.41, 5.74) is 5.59. The molecule has 1 saturated heterocycles. The Kier molecular flexibility index (Phi) is 5.11. The standard InChI is InChI=1S/C20H25ClN4O/c1-13-3-4-15(11-17(13)21)19-16-5-7-22-8-6-18(16)23-20(24-19)25-9-10-26-12-14(25)2/h3-4,11,14,22H,5-10,12H2,1-2H3. The van der Waals surface area contributed by atoms with Crippen molar-refractivity contribution in [1.82, 2.24) is 15.3 Å². The van der Waals surface area contributed by atoms with Crippen LogP contribution in [0, 0.1) is 6.92 Å². The predicted octanol–water partition coefficient (Wildman–Crippen LogP) is 3.02. The van der Waals surface area contributed by atoms with E-state index in [0.717, 1.165) is 72.6 Å². The summed E-state index contributed by atoms with van der Waals surface area (Å²) in [5.74, 6) is 0.813. The number of anilines is 1. The van der Waals surface area contributed by atoms with E-state index in [1.54, 1.807) is 0 Å². The Labute approximate surface area is 159 Å². The third kappa shape index (κ3) is 3.43. The number of hydrogen-bond acceptors (Lipinski definition) is 5. The van der Waals surface area contributed by atoms with Crippen LogP contribution in [0.3, 0.4) is 0 Å². The first-order valence-corrected chi connectivity index (χ1v) is 9.72. The third-order valence-corrected chi connectivity index (χ3v) is 5.65. The molecule has 1 aromatic carbocycles. The molecule has 2 aromatic rings. The maximum atomic E-state index is 6.41. The van der Waals surface area contributed by atoms with Gasteiger partial charge in [-0.25, -0.2) is 9.97 Å². The van der Waals surface area contributed by atoms with E-state index in [4.69, 9.17) is 26.3 Å². The average Bonchev–Trinajstić information content (AvgIpc) is 2.89. The van der Waals surface area contributed by atoms with Crippen molar-refractivity contribution in [2.45, 2.75) is 32.7 Å². The lowest BCUT2D eigenvalue weighted by Crippen LogP contribution is -2.44. The van der Waals surface area contributed by atoms with Crippen molar-refractivity contribution in [2.24, 2.45) is 0 Å². The van der Waals surface area contributed by atoms with E-state index in [1.165, 1.54) is 5.56 Å². The van der Waals surface area contributed by atoms with Crippen LogP contribution in [0.4, 0.5) is 5.95 Å². The smallest absolute Gasteiger partial charge is 0.226 e. The summed E-state index contributed by atoms with van der Waals surface area (Å²) in [5, 5.41) is 4.25. The van der Waals surface area contributed by atoms with E-state index in [2.05, 4.69) is 29.3 Å². The van der Waals surface area contributed by atoms with E-state index in [-0.39, 0.29) is 6.04 Å². The highest BCUT2D eigenvalue weighted by Gasteiger charge is 2.25. The van der Waals surface area contributed by atoms with Gasteiger partial charge in [0, 0.05) is 35.7 Å². The number of aromatic nitrogens is 2. The SMILES string of the molecule is Cc1ccc(-c2nc(N3CCOCC3C)nc3c2CCNCC3)cc1Cl. The molecule has 1 fully saturated rings. The van der Waals surface area contributed by atoms with Crippen molar-refractivity contribution in [3.05, 3.63) is 40.0 Å². The highest BCUT2D eigenvalue weighted by Crippen LogP contribution is 2.31. The number of nitrogens with zero attached hydrogens (tertiary/aromatic N) is 3. The van der Waals surface area contributed by atoms with Crippen molar-refractivity contribution < 1.29 is 4.74 Å². The summed E-state index contributed by atoms with van der Waals surface area (Å²) in [7, 11) is 0. The fourth-order valence-corrected chi connectivity index (χ4v) is 3.84. The normalized spacial score (nSPS) is 20.6. The second kappa shape index (κ2) is 7.51. The predicted molar refractivity (Wildman–Crippen MR) is 105 cm³/mol. The second-order valence-corrected chi connectivity index (χ2v) is 7.54. The van der Waals surface area contributed by atoms with E-state index < -0.39 is 0 Å². The van der Waals surface area contributed by atoms with Crippen molar-refractivity contribution >= 4 is 17.5 Å². The van der Waals surface area contributed by atoms with Gasteiger partial charge in [0.15, 0.2) is 0 Å². The van der Waals surface area contributed by atoms with Gasteiger partial charge in [-0.2, -0.15) is 0 Å². The summed E-state index contributed by atoms with van der Waals surface area (Å²) in [4.78, 5) is 12.2. The monoisotopic (exact) mass is 372 g/mol. The van der Waals surface area contributed by atoms with E-state index >= 15 is 0 Å². The molecular weight excluding hydrogens is 348 g/mol.